The van der Waals surface area contributed by atoms with Crippen molar-refractivity contribution < 1.29 is 17.9 Å². The molecule has 0 radical (unpaired) electrons. The summed E-state index contributed by atoms with van der Waals surface area (Å²) >= 11 is 0. The van der Waals surface area contributed by atoms with E-state index in [1.165, 1.54) is 4.31 Å². The van der Waals surface area contributed by atoms with Crippen molar-refractivity contribution in [2.75, 3.05) is 24.6 Å². The highest BCUT2D eigenvalue weighted by Crippen LogP contribution is 2.32. The van der Waals surface area contributed by atoms with E-state index >= 15 is 0 Å². The molecule has 2 saturated heterocycles. The molecule has 2 aromatic rings. The number of benzene rings is 2. The minimum atomic E-state index is -3.66. The van der Waals surface area contributed by atoms with Gasteiger partial charge in [-0.1, -0.05) is 30.3 Å². The van der Waals surface area contributed by atoms with Gasteiger partial charge in [-0.3, -0.25) is 4.79 Å². The zero-order valence-corrected chi connectivity index (χ0v) is 16.6. The van der Waals surface area contributed by atoms with Gasteiger partial charge in [0.1, 0.15) is 0 Å². The van der Waals surface area contributed by atoms with Gasteiger partial charge in [-0.05, 0) is 43.2 Å². The quantitative estimate of drug-likeness (QED) is 0.791. The Kier molecular flexibility index (Phi) is 5.23. The van der Waals surface area contributed by atoms with Crippen molar-refractivity contribution >= 4 is 21.6 Å². The van der Waals surface area contributed by atoms with Crippen molar-refractivity contribution in [3.63, 3.8) is 0 Å². The molecule has 1 amide bonds. The van der Waals surface area contributed by atoms with Crippen molar-refractivity contribution in [2.24, 2.45) is 0 Å². The Bertz CT molecular complexity index is 944. The van der Waals surface area contributed by atoms with Crippen molar-refractivity contribution in [1.82, 2.24) is 4.31 Å². The largest absolute Gasteiger partial charge is 0.370 e. The summed E-state index contributed by atoms with van der Waals surface area (Å²) in [6.45, 7) is 3.23. The number of rotatable bonds is 4. The van der Waals surface area contributed by atoms with Gasteiger partial charge >= 0.3 is 0 Å². The van der Waals surface area contributed by atoms with Crippen LogP contribution in [0.1, 0.15) is 31.4 Å². The SMILES string of the molecule is C[C@@H]1[C@H](c2ccccc2)OCCN1S(=O)(=O)c1ccc(N2CCCC2=O)cc1. The lowest BCUT2D eigenvalue weighted by atomic mass is 10.0. The number of hydrogen-bond acceptors (Lipinski definition) is 4. The normalized spacial score (nSPS) is 23.9. The van der Waals surface area contributed by atoms with Gasteiger partial charge < -0.3 is 9.64 Å². The molecule has 2 aliphatic heterocycles. The fourth-order valence-corrected chi connectivity index (χ4v) is 5.59. The van der Waals surface area contributed by atoms with Crippen molar-refractivity contribution in [3.05, 3.63) is 60.2 Å². The number of ether oxygens (including phenoxy) is 1. The summed E-state index contributed by atoms with van der Waals surface area (Å²) in [4.78, 5) is 13.9. The van der Waals surface area contributed by atoms with E-state index in [-0.39, 0.29) is 22.9 Å². The lowest BCUT2D eigenvalue weighted by molar-refractivity contribution is -0.117. The van der Waals surface area contributed by atoms with Crippen LogP contribution in [-0.4, -0.2) is 44.4 Å². The van der Waals surface area contributed by atoms with E-state index in [0.29, 0.717) is 26.1 Å². The summed E-state index contributed by atoms with van der Waals surface area (Å²) in [6.07, 6.45) is 1.09. The minimum absolute atomic E-state index is 0.0862. The van der Waals surface area contributed by atoms with Crippen LogP contribution in [0.4, 0.5) is 5.69 Å². The molecule has 2 aliphatic rings. The molecule has 2 aromatic carbocycles. The summed E-state index contributed by atoms with van der Waals surface area (Å²) in [5.41, 5.74) is 1.72. The summed E-state index contributed by atoms with van der Waals surface area (Å²) in [7, 11) is -3.66. The van der Waals surface area contributed by atoms with Gasteiger partial charge in [-0.2, -0.15) is 4.31 Å². The number of carbonyl (C=O) groups is 1. The van der Waals surface area contributed by atoms with Crippen LogP contribution < -0.4 is 4.90 Å². The molecule has 2 atom stereocenters. The molecule has 28 heavy (non-hydrogen) atoms. The average molecular weight is 401 g/mol. The number of sulfonamides is 1. The molecule has 6 nitrogen and oxygen atoms in total. The molecule has 0 bridgehead atoms. The molecule has 0 saturated carbocycles. The molecule has 0 aromatic heterocycles. The number of anilines is 1. The van der Waals surface area contributed by atoms with Crippen LogP contribution in [0.25, 0.3) is 0 Å². The topological polar surface area (TPSA) is 66.9 Å². The Labute approximate surface area is 165 Å². The Balaban J connectivity index is 1.58. The fourth-order valence-electron chi connectivity index (χ4n) is 3.97. The average Bonchev–Trinajstić information content (AvgIpc) is 3.14. The van der Waals surface area contributed by atoms with Crippen molar-refractivity contribution in [2.45, 2.75) is 36.8 Å². The predicted molar refractivity (Wildman–Crippen MR) is 107 cm³/mol. The van der Waals surface area contributed by atoms with E-state index in [0.717, 1.165) is 17.7 Å². The second-order valence-electron chi connectivity index (χ2n) is 7.20. The zero-order chi connectivity index (χ0) is 19.7. The van der Waals surface area contributed by atoms with E-state index in [2.05, 4.69) is 0 Å². The highest BCUT2D eigenvalue weighted by molar-refractivity contribution is 7.89. The Morgan fingerprint density at radius 3 is 2.36 bits per heavy atom. The third-order valence-corrected chi connectivity index (χ3v) is 7.46. The third-order valence-electron chi connectivity index (χ3n) is 5.46. The molecule has 0 aliphatic carbocycles. The van der Waals surface area contributed by atoms with Crippen LogP contribution in [0.15, 0.2) is 59.5 Å². The Morgan fingerprint density at radius 1 is 1.00 bits per heavy atom. The molecule has 0 unspecified atom stereocenters. The van der Waals surface area contributed by atoms with Crippen LogP contribution in [0.2, 0.25) is 0 Å². The number of nitrogens with zero attached hydrogens (tertiary/aromatic N) is 2. The van der Waals surface area contributed by atoms with Gasteiger partial charge in [0, 0.05) is 25.2 Å². The monoisotopic (exact) mass is 400 g/mol. The van der Waals surface area contributed by atoms with Crippen LogP contribution in [0.5, 0.6) is 0 Å². The lowest BCUT2D eigenvalue weighted by Crippen LogP contribution is -2.48. The molecule has 2 fully saturated rings. The lowest BCUT2D eigenvalue weighted by Gasteiger charge is -2.38. The first kappa shape index (κ1) is 19.1. The van der Waals surface area contributed by atoms with Gasteiger partial charge in [0.2, 0.25) is 15.9 Å². The minimum Gasteiger partial charge on any atom is -0.370 e. The highest BCUT2D eigenvalue weighted by Gasteiger charge is 2.38. The number of amides is 1. The van der Waals surface area contributed by atoms with E-state index in [1.807, 2.05) is 37.3 Å². The molecular formula is C21H24N2O4S. The smallest absolute Gasteiger partial charge is 0.243 e. The molecule has 0 N–H and O–H groups in total. The summed E-state index contributed by atoms with van der Waals surface area (Å²) in [5.74, 6) is 0.0862. The van der Waals surface area contributed by atoms with Crippen LogP contribution >= 0.6 is 0 Å². The number of carbonyl (C=O) groups excluding carboxylic acids is 1. The maximum absolute atomic E-state index is 13.3. The molecule has 2 heterocycles. The Morgan fingerprint density at radius 2 is 1.71 bits per heavy atom. The van der Waals surface area contributed by atoms with Gasteiger partial charge in [-0.15, -0.1) is 0 Å². The van der Waals surface area contributed by atoms with Gasteiger partial charge in [-0.25, -0.2) is 8.42 Å². The third kappa shape index (κ3) is 3.45. The fraction of sp³-hybridized carbons (Fsp3) is 0.381. The zero-order valence-electron chi connectivity index (χ0n) is 15.8. The van der Waals surface area contributed by atoms with Gasteiger partial charge in [0.05, 0.1) is 23.6 Å². The van der Waals surface area contributed by atoms with Crippen molar-refractivity contribution in [1.29, 1.82) is 0 Å². The van der Waals surface area contributed by atoms with E-state index < -0.39 is 10.0 Å². The summed E-state index contributed by atoms with van der Waals surface area (Å²) in [6, 6.07) is 16.0. The van der Waals surface area contributed by atoms with Gasteiger partial charge in [0.25, 0.3) is 0 Å². The number of morpholine rings is 1. The molecule has 4 rings (SSSR count). The van der Waals surface area contributed by atoms with E-state index in [4.69, 9.17) is 4.74 Å². The first-order chi connectivity index (χ1) is 13.5. The van der Waals surface area contributed by atoms with Crippen molar-refractivity contribution in [3.8, 4) is 0 Å². The number of hydrogen-bond donors (Lipinski definition) is 0. The maximum atomic E-state index is 13.3. The standard InChI is InChI=1S/C21H24N2O4S/c1-16-21(17-6-3-2-4-7-17)27-15-14-23(16)28(25,26)19-11-9-18(10-12-19)22-13-5-8-20(22)24/h2-4,6-7,9-12,16,21H,5,8,13-15H2,1H3/t16-,21-/m1/s1. The van der Waals surface area contributed by atoms with Crippen LogP contribution in [-0.2, 0) is 19.6 Å². The molecule has 148 valence electrons. The first-order valence-corrected chi connectivity index (χ1v) is 11.0. The predicted octanol–water partition coefficient (Wildman–Crippen LogP) is 2.96. The van der Waals surface area contributed by atoms with Crippen LogP contribution in [0.3, 0.4) is 0 Å². The molecular weight excluding hydrogens is 376 g/mol. The Hall–Kier alpha value is -2.22. The summed E-state index contributed by atoms with van der Waals surface area (Å²) in [5, 5.41) is 0. The molecule has 7 heteroatoms. The van der Waals surface area contributed by atoms with Gasteiger partial charge in [0.15, 0.2) is 0 Å². The van der Waals surface area contributed by atoms with E-state index in [9.17, 15) is 13.2 Å². The summed E-state index contributed by atoms with van der Waals surface area (Å²) < 4.78 is 33.9. The highest BCUT2D eigenvalue weighted by atomic mass is 32.2. The van der Waals surface area contributed by atoms with Crippen LogP contribution in [0, 0.1) is 0 Å². The molecule has 0 spiro atoms. The first-order valence-electron chi connectivity index (χ1n) is 9.57. The second kappa shape index (κ2) is 7.66. The second-order valence-corrected chi connectivity index (χ2v) is 9.09. The van der Waals surface area contributed by atoms with E-state index in [1.54, 1.807) is 29.2 Å². The maximum Gasteiger partial charge on any atom is 0.243 e.